The van der Waals surface area contributed by atoms with Crippen LogP contribution in [0.2, 0.25) is 5.02 Å². The van der Waals surface area contributed by atoms with E-state index in [4.69, 9.17) is 27.9 Å². The van der Waals surface area contributed by atoms with E-state index in [1.54, 1.807) is 24.5 Å². The smallest absolute Gasteiger partial charge is 0.406 e. The highest BCUT2D eigenvalue weighted by Gasteiger charge is 2.33. The molecule has 2 heterocycles. The van der Waals surface area contributed by atoms with Crippen molar-refractivity contribution < 1.29 is 26.3 Å². The largest absolute Gasteiger partial charge is 0.489 e. The second kappa shape index (κ2) is 12.1. The Kier molecular flexibility index (Phi) is 8.94. The molecule has 4 rings (SSSR count). The zero-order valence-electron chi connectivity index (χ0n) is 21.0. The van der Waals surface area contributed by atoms with Crippen LogP contribution in [0.5, 0.6) is 5.75 Å². The van der Waals surface area contributed by atoms with Gasteiger partial charge in [0.1, 0.15) is 19.2 Å². The number of hydrogen-bond acceptors (Lipinski definition) is 8. The van der Waals surface area contributed by atoms with Gasteiger partial charge in [-0.2, -0.15) is 18.4 Å². The van der Waals surface area contributed by atoms with Crippen molar-refractivity contribution in [1.82, 2.24) is 14.7 Å². The number of halogens is 5. The number of rotatable bonds is 10. The number of sulfonamides is 1. The van der Waals surface area contributed by atoms with Crippen molar-refractivity contribution in [3.05, 3.63) is 59.4 Å². The monoisotopic (exact) mass is 614 g/mol. The van der Waals surface area contributed by atoms with Crippen molar-refractivity contribution >= 4 is 50.5 Å². The Labute approximate surface area is 239 Å². The van der Waals surface area contributed by atoms with E-state index >= 15 is 0 Å². The summed E-state index contributed by atoms with van der Waals surface area (Å²) in [5.74, 6) is 0.636. The molecule has 0 amide bonds. The molecular weight excluding hydrogens is 592 g/mol. The van der Waals surface area contributed by atoms with Crippen LogP contribution in [0.3, 0.4) is 0 Å². The van der Waals surface area contributed by atoms with Gasteiger partial charge in [-0.3, -0.25) is 0 Å². The van der Waals surface area contributed by atoms with Crippen LogP contribution in [-0.2, 0) is 10.0 Å². The van der Waals surface area contributed by atoms with Crippen molar-refractivity contribution in [3.8, 4) is 22.9 Å². The van der Waals surface area contributed by atoms with Gasteiger partial charge in [-0.1, -0.05) is 23.7 Å². The van der Waals surface area contributed by atoms with Crippen LogP contribution in [-0.4, -0.2) is 69.0 Å². The molecule has 1 aliphatic heterocycles. The minimum atomic E-state index is -4.55. The number of benzene rings is 2. The molecule has 9 nitrogen and oxygen atoms in total. The fourth-order valence-electron chi connectivity index (χ4n) is 4.10. The predicted molar refractivity (Wildman–Crippen MR) is 147 cm³/mol. The molecule has 2 aromatic carbocycles. The molecular formula is C25H23Cl2F3N6O3S. The topological polar surface area (TPSA) is 111 Å². The van der Waals surface area contributed by atoms with E-state index in [0.717, 1.165) is 11.2 Å². The number of hydrogen-bond donors (Lipinski definition) is 1. The molecule has 0 saturated carbocycles. The third-order valence-electron chi connectivity index (χ3n) is 5.82. The highest BCUT2D eigenvalue weighted by Crippen LogP contribution is 2.38. The lowest BCUT2D eigenvalue weighted by Crippen LogP contribution is -2.59. The van der Waals surface area contributed by atoms with Gasteiger partial charge in [0.05, 0.1) is 28.8 Å². The van der Waals surface area contributed by atoms with Crippen LogP contribution in [0.4, 0.5) is 30.5 Å². The van der Waals surface area contributed by atoms with Crippen LogP contribution in [0.1, 0.15) is 5.56 Å². The number of nitrogens with one attached hydrogen (secondary N) is 1. The number of anilines is 3. The second-order valence-electron chi connectivity index (χ2n) is 8.97. The zero-order chi connectivity index (χ0) is 29.1. The molecule has 1 aromatic heterocycles. The number of aromatic nitrogens is 2. The first-order chi connectivity index (χ1) is 18.9. The Balaban J connectivity index is 1.54. The third kappa shape index (κ3) is 7.45. The number of nitrogens with zero attached hydrogens (tertiary/aromatic N) is 5. The van der Waals surface area contributed by atoms with E-state index < -0.39 is 22.7 Å². The van der Waals surface area contributed by atoms with Gasteiger partial charge in [-0.15, -0.1) is 11.6 Å². The standard InChI is InChI=1S/C25H23Cl2F3N6O3S/c1-40(37,38)34-19-13-35(14-19)24-32-11-18(12-33-24)16-2-4-20(5-3-16)36(15-25(28,29)30)21-8-17(10-31)23(22(27)9-21)39-7-6-26/h2-5,8-9,11-12,19,34H,6-7,13-15H2,1H3. The van der Waals surface area contributed by atoms with E-state index in [1.807, 2.05) is 11.0 Å². The minimum absolute atomic E-state index is 0.0131. The van der Waals surface area contributed by atoms with E-state index in [1.165, 1.54) is 24.3 Å². The summed E-state index contributed by atoms with van der Waals surface area (Å²) in [6.45, 7) is -0.369. The summed E-state index contributed by atoms with van der Waals surface area (Å²) < 4.78 is 71.3. The van der Waals surface area contributed by atoms with E-state index in [9.17, 15) is 26.9 Å². The maximum atomic E-state index is 13.6. The average Bonchev–Trinajstić information content (AvgIpc) is 2.87. The Morgan fingerprint density at radius 2 is 1.80 bits per heavy atom. The molecule has 3 aromatic rings. The molecule has 0 spiro atoms. The first-order valence-corrected chi connectivity index (χ1v) is 14.6. The summed E-state index contributed by atoms with van der Waals surface area (Å²) in [5, 5.41) is 9.53. The van der Waals surface area contributed by atoms with Gasteiger partial charge in [-0.05, 0) is 29.8 Å². The average molecular weight is 615 g/mol. The van der Waals surface area contributed by atoms with E-state index in [0.29, 0.717) is 30.2 Å². The summed E-state index contributed by atoms with van der Waals surface area (Å²) in [7, 11) is -3.30. The van der Waals surface area contributed by atoms with Gasteiger partial charge in [0.25, 0.3) is 0 Å². The molecule has 15 heteroatoms. The summed E-state index contributed by atoms with van der Waals surface area (Å²) in [6.07, 6.45) is -0.286. The molecule has 0 bridgehead atoms. The zero-order valence-corrected chi connectivity index (χ0v) is 23.3. The fourth-order valence-corrected chi connectivity index (χ4v) is 5.20. The molecule has 1 aliphatic rings. The normalized spacial score (nSPS) is 14.0. The second-order valence-corrected chi connectivity index (χ2v) is 11.5. The Morgan fingerprint density at radius 1 is 1.15 bits per heavy atom. The molecule has 1 N–H and O–H groups in total. The number of alkyl halides is 4. The summed E-state index contributed by atoms with van der Waals surface area (Å²) in [4.78, 5) is 11.5. The highest BCUT2D eigenvalue weighted by molar-refractivity contribution is 7.88. The fraction of sp³-hybridized carbons (Fsp3) is 0.320. The minimum Gasteiger partial charge on any atom is -0.489 e. The lowest BCUT2D eigenvalue weighted by atomic mass is 10.1. The van der Waals surface area contributed by atoms with Crippen molar-refractivity contribution in [1.29, 1.82) is 5.26 Å². The number of nitriles is 1. The van der Waals surface area contributed by atoms with E-state index in [2.05, 4.69) is 14.7 Å². The van der Waals surface area contributed by atoms with Gasteiger partial charge >= 0.3 is 6.18 Å². The van der Waals surface area contributed by atoms with Crippen molar-refractivity contribution in [2.45, 2.75) is 12.2 Å². The molecule has 1 saturated heterocycles. The number of ether oxygens (including phenoxy) is 1. The molecule has 0 atom stereocenters. The molecule has 0 radical (unpaired) electrons. The summed E-state index contributed by atoms with van der Waals surface area (Å²) in [5.41, 5.74) is 1.57. The van der Waals surface area contributed by atoms with Gasteiger partial charge in [0, 0.05) is 42.4 Å². The lowest BCUT2D eigenvalue weighted by molar-refractivity contribution is -0.118. The molecule has 0 unspecified atom stereocenters. The maximum absolute atomic E-state index is 13.6. The Hall–Kier alpha value is -3.31. The van der Waals surface area contributed by atoms with Crippen LogP contribution in [0.25, 0.3) is 11.1 Å². The summed E-state index contributed by atoms with van der Waals surface area (Å²) in [6, 6.07) is 10.6. The Morgan fingerprint density at radius 3 is 2.35 bits per heavy atom. The van der Waals surface area contributed by atoms with Gasteiger partial charge in [-0.25, -0.2) is 23.1 Å². The molecule has 212 valence electrons. The van der Waals surface area contributed by atoms with Gasteiger partial charge in [0.15, 0.2) is 5.75 Å². The van der Waals surface area contributed by atoms with Crippen molar-refractivity contribution in [2.24, 2.45) is 0 Å². The van der Waals surface area contributed by atoms with Crippen LogP contribution in [0, 0.1) is 11.3 Å². The quantitative estimate of drug-likeness (QED) is 0.326. The van der Waals surface area contributed by atoms with Crippen molar-refractivity contribution in [2.75, 3.05) is 48.2 Å². The van der Waals surface area contributed by atoms with E-state index in [-0.39, 0.29) is 46.2 Å². The first-order valence-electron chi connectivity index (χ1n) is 11.8. The highest BCUT2D eigenvalue weighted by atomic mass is 35.5. The third-order valence-corrected chi connectivity index (χ3v) is 7.01. The Bertz CT molecular complexity index is 1490. The molecule has 1 fully saturated rings. The van der Waals surface area contributed by atoms with Gasteiger partial charge < -0.3 is 14.5 Å². The summed E-state index contributed by atoms with van der Waals surface area (Å²) >= 11 is 11.9. The van der Waals surface area contributed by atoms with Crippen LogP contribution in [0.15, 0.2) is 48.8 Å². The van der Waals surface area contributed by atoms with Crippen LogP contribution >= 0.6 is 23.2 Å². The van der Waals surface area contributed by atoms with Crippen LogP contribution < -0.4 is 19.3 Å². The lowest BCUT2D eigenvalue weighted by Gasteiger charge is -2.38. The first kappa shape index (κ1) is 29.7. The maximum Gasteiger partial charge on any atom is 0.406 e. The predicted octanol–water partition coefficient (Wildman–Crippen LogP) is 4.72. The van der Waals surface area contributed by atoms with Gasteiger partial charge in [0.2, 0.25) is 16.0 Å². The SMILES string of the molecule is CS(=O)(=O)NC1CN(c2ncc(-c3ccc(N(CC(F)(F)F)c4cc(Cl)c(OCCCl)c(C#N)c4)cc3)cn2)C1. The molecule has 0 aliphatic carbocycles. The van der Waals surface area contributed by atoms with Crippen molar-refractivity contribution in [3.63, 3.8) is 0 Å². The molecule has 40 heavy (non-hydrogen) atoms.